The Morgan fingerprint density at radius 3 is 2.58 bits per heavy atom. The van der Waals surface area contributed by atoms with Crippen LogP contribution in [0.3, 0.4) is 0 Å². The second kappa shape index (κ2) is 4.18. The van der Waals surface area contributed by atoms with Crippen molar-refractivity contribution in [2.24, 2.45) is 11.8 Å². The number of carbonyl (C=O) groups is 2. The summed E-state index contributed by atoms with van der Waals surface area (Å²) in [7, 11) is 0. The SMILES string of the molecule is O=C1C2CC2C(=O)N1c1ccc(C#CCO)c(F)c1. The first-order valence-corrected chi connectivity index (χ1v) is 5.90. The lowest BCUT2D eigenvalue weighted by Gasteiger charge is -2.16. The molecular weight excluding hydrogens is 249 g/mol. The van der Waals surface area contributed by atoms with Crippen molar-refractivity contribution < 1.29 is 19.1 Å². The number of aliphatic hydroxyl groups is 1. The molecule has 1 aromatic rings. The molecule has 0 aromatic heterocycles. The Balaban J connectivity index is 1.93. The van der Waals surface area contributed by atoms with Crippen molar-refractivity contribution >= 4 is 17.5 Å². The van der Waals surface area contributed by atoms with Crippen LogP contribution in [0.25, 0.3) is 0 Å². The molecule has 2 atom stereocenters. The van der Waals surface area contributed by atoms with Gasteiger partial charge in [-0.15, -0.1) is 0 Å². The van der Waals surface area contributed by atoms with E-state index in [9.17, 15) is 14.0 Å². The number of nitrogens with zero attached hydrogens (tertiary/aromatic N) is 1. The molecule has 2 fully saturated rings. The average Bonchev–Trinajstić information content (AvgIpc) is 3.13. The van der Waals surface area contributed by atoms with E-state index >= 15 is 0 Å². The van der Waals surface area contributed by atoms with E-state index in [1.807, 2.05) is 0 Å². The van der Waals surface area contributed by atoms with Gasteiger partial charge < -0.3 is 5.11 Å². The molecule has 0 spiro atoms. The lowest BCUT2D eigenvalue weighted by atomic mass is 10.1. The van der Waals surface area contributed by atoms with E-state index in [2.05, 4.69) is 11.8 Å². The number of rotatable bonds is 1. The van der Waals surface area contributed by atoms with Gasteiger partial charge >= 0.3 is 0 Å². The van der Waals surface area contributed by atoms with Crippen molar-refractivity contribution in [2.75, 3.05) is 11.5 Å². The van der Waals surface area contributed by atoms with Crippen molar-refractivity contribution in [3.05, 3.63) is 29.6 Å². The Kier molecular flexibility index (Phi) is 2.61. The van der Waals surface area contributed by atoms with Crippen molar-refractivity contribution in [1.82, 2.24) is 0 Å². The monoisotopic (exact) mass is 259 g/mol. The lowest BCUT2D eigenvalue weighted by Crippen LogP contribution is -2.32. The zero-order valence-electron chi connectivity index (χ0n) is 9.89. The third kappa shape index (κ3) is 1.81. The number of piperidine rings is 1. The van der Waals surface area contributed by atoms with E-state index < -0.39 is 5.82 Å². The van der Waals surface area contributed by atoms with E-state index in [0.717, 1.165) is 11.0 Å². The summed E-state index contributed by atoms with van der Waals surface area (Å²) < 4.78 is 13.8. The van der Waals surface area contributed by atoms with Gasteiger partial charge in [-0.25, -0.2) is 9.29 Å². The third-order valence-corrected chi connectivity index (χ3v) is 3.38. The first kappa shape index (κ1) is 11.9. The summed E-state index contributed by atoms with van der Waals surface area (Å²) in [6, 6.07) is 4.02. The van der Waals surface area contributed by atoms with Crippen molar-refractivity contribution in [3.63, 3.8) is 0 Å². The standard InChI is InChI=1S/C14H10FNO3/c15-12-6-9(4-3-8(12)2-1-5-17)16-13(18)10-7-11(10)14(16)19/h3-4,6,10-11,17H,5,7H2. The molecule has 1 N–H and O–H groups in total. The predicted octanol–water partition coefficient (Wildman–Crippen LogP) is 0.679. The van der Waals surface area contributed by atoms with Crippen LogP contribution in [-0.4, -0.2) is 23.5 Å². The number of amides is 2. The molecular formula is C14H10FNO3. The van der Waals surface area contributed by atoms with E-state index in [0.29, 0.717) is 6.42 Å². The molecule has 1 saturated carbocycles. The average molecular weight is 259 g/mol. The second-order valence-corrected chi connectivity index (χ2v) is 4.58. The summed E-state index contributed by atoms with van der Waals surface area (Å²) in [4.78, 5) is 24.7. The highest BCUT2D eigenvalue weighted by Gasteiger charge is 2.59. The van der Waals surface area contributed by atoms with Crippen LogP contribution in [0.2, 0.25) is 0 Å². The minimum Gasteiger partial charge on any atom is -0.384 e. The van der Waals surface area contributed by atoms with Gasteiger partial charge in [0, 0.05) is 0 Å². The highest BCUT2D eigenvalue weighted by atomic mass is 19.1. The molecule has 19 heavy (non-hydrogen) atoms. The molecule has 1 aromatic carbocycles. The van der Waals surface area contributed by atoms with Gasteiger partial charge in [-0.1, -0.05) is 11.8 Å². The summed E-state index contributed by atoms with van der Waals surface area (Å²) in [5, 5.41) is 8.56. The number of aliphatic hydroxyl groups excluding tert-OH is 1. The van der Waals surface area contributed by atoms with Gasteiger partial charge in [0.15, 0.2) is 0 Å². The number of fused-ring (bicyclic) bond motifs is 1. The minimum atomic E-state index is -0.611. The topological polar surface area (TPSA) is 57.6 Å². The molecule has 1 aliphatic heterocycles. The minimum absolute atomic E-state index is 0.127. The van der Waals surface area contributed by atoms with Crippen LogP contribution in [0.15, 0.2) is 18.2 Å². The lowest BCUT2D eigenvalue weighted by molar-refractivity contribution is -0.123. The molecule has 1 aliphatic carbocycles. The zero-order chi connectivity index (χ0) is 13.6. The van der Waals surface area contributed by atoms with Crippen LogP contribution in [0, 0.1) is 29.5 Å². The summed E-state index contributed by atoms with van der Waals surface area (Å²) in [5.74, 6) is 3.29. The molecule has 1 saturated heterocycles. The maximum atomic E-state index is 13.8. The van der Waals surface area contributed by atoms with E-state index in [1.54, 1.807) is 0 Å². The van der Waals surface area contributed by atoms with Crippen molar-refractivity contribution in [3.8, 4) is 11.8 Å². The van der Waals surface area contributed by atoms with Gasteiger partial charge in [0.25, 0.3) is 0 Å². The summed E-state index contributed by atoms with van der Waals surface area (Å²) in [6.45, 7) is -0.354. The number of hydrogen-bond acceptors (Lipinski definition) is 3. The Labute approximate surface area is 108 Å². The molecule has 2 aliphatic rings. The van der Waals surface area contributed by atoms with Crippen molar-refractivity contribution in [1.29, 1.82) is 0 Å². The zero-order valence-corrected chi connectivity index (χ0v) is 9.89. The van der Waals surface area contributed by atoms with Crippen LogP contribution < -0.4 is 4.90 Å². The van der Waals surface area contributed by atoms with Crippen LogP contribution in [0.5, 0.6) is 0 Å². The number of halogens is 1. The fourth-order valence-corrected chi connectivity index (χ4v) is 2.31. The molecule has 2 amide bonds. The van der Waals surface area contributed by atoms with Crippen LogP contribution in [-0.2, 0) is 9.59 Å². The molecule has 0 radical (unpaired) electrons. The second-order valence-electron chi connectivity index (χ2n) is 4.58. The smallest absolute Gasteiger partial charge is 0.237 e. The van der Waals surface area contributed by atoms with Gasteiger partial charge in [-0.05, 0) is 24.6 Å². The maximum absolute atomic E-state index is 13.8. The molecule has 1 heterocycles. The quantitative estimate of drug-likeness (QED) is 0.596. The number of carbonyl (C=O) groups excluding carboxylic acids is 2. The van der Waals surface area contributed by atoms with Gasteiger partial charge in [-0.2, -0.15) is 0 Å². The van der Waals surface area contributed by atoms with Crippen LogP contribution in [0.1, 0.15) is 12.0 Å². The van der Waals surface area contributed by atoms with Gasteiger partial charge in [0.1, 0.15) is 12.4 Å². The molecule has 96 valence electrons. The summed E-state index contributed by atoms with van der Waals surface area (Å²) in [5.41, 5.74) is 0.372. The first-order valence-electron chi connectivity index (χ1n) is 5.90. The van der Waals surface area contributed by atoms with Gasteiger partial charge in [-0.3, -0.25) is 9.59 Å². The first-order chi connectivity index (χ1) is 9.13. The fourth-order valence-electron chi connectivity index (χ4n) is 2.31. The Morgan fingerprint density at radius 1 is 1.32 bits per heavy atom. The van der Waals surface area contributed by atoms with Crippen molar-refractivity contribution in [2.45, 2.75) is 6.42 Å². The fraction of sp³-hybridized carbons (Fsp3) is 0.286. The Hall–Kier alpha value is -2.19. The van der Waals surface area contributed by atoms with Gasteiger partial charge in [0.05, 0.1) is 23.1 Å². The highest BCUT2D eigenvalue weighted by molar-refractivity contribution is 6.24. The van der Waals surface area contributed by atoms with E-state index in [-0.39, 0.29) is 41.5 Å². The summed E-state index contributed by atoms with van der Waals surface area (Å²) >= 11 is 0. The van der Waals surface area contributed by atoms with Crippen LogP contribution >= 0.6 is 0 Å². The molecule has 4 nitrogen and oxygen atoms in total. The molecule has 5 heteroatoms. The normalized spacial score (nSPS) is 24.0. The summed E-state index contributed by atoms with van der Waals surface area (Å²) in [6.07, 6.45) is 0.622. The Bertz CT molecular complexity index is 624. The highest BCUT2D eigenvalue weighted by Crippen LogP contribution is 2.48. The van der Waals surface area contributed by atoms with E-state index in [4.69, 9.17) is 5.11 Å². The number of imide groups is 1. The van der Waals surface area contributed by atoms with Gasteiger partial charge in [0.2, 0.25) is 11.8 Å². The molecule has 2 unspecified atom stereocenters. The largest absolute Gasteiger partial charge is 0.384 e. The number of anilines is 1. The molecule has 3 rings (SSSR count). The number of hydrogen-bond donors (Lipinski definition) is 1. The molecule has 0 bridgehead atoms. The van der Waals surface area contributed by atoms with Crippen LogP contribution in [0.4, 0.5) is 10.1 Å². The third-order valence-electron chi connectivity index (χ3n) is 3.38. The maximum Gasteiger partial charge on any atom is 0.237 e. The number of benzene rings is 1. The van der Waals surface area contributed by atoms with E-state index in [1.165, 1.54) is 12.1 Å². The predicted molar refractivity (Wildman–Crippen MR) is 64.5 cm³/mol. The Morgan fingerprint density at radius 2 is 2.00 bits per heavy atom.